The van der Waals surface area contributed by atoms with Crippen LogP contribution in [0.25, 0.3) is 11.4 Å². The van der Waals surface area contributed by atoms with Gasteiger partial charge in [-0.15, -0.1) is 11.7 Å². The highest BCUT2D eigenvalue weighted by Crippen LogP contribution is 2.20. The Morgan fingerprint density at radius 3 is 2.81 bits per heavy atom. The van der Waals surface area contributed by atoms with Crippen molar-refractivity contribution in [2.45, 2.75) is 5.16 Å². The maximum Gasteiger partial charge on any atom is 0.209 e. The van der Waals surface area contributed by atoms with Crippen LogP contribution < -0.4 is 0 Å². The van der Waals surface area contributed by atoms with E-state index in [0.29, 0.717) is 5.02 Å². The average Bonchev–Trinajstić information content (AvgIpc) is 2.76. The summed E-state index contributed by atoms with van der Waals surface area (Å²) in [5, 5.41) is 8.43. The molecule has 0 saturated heterocycles. The molecular formula is C11H10ClN3S. The van der Waals surface area contributed by atoms with Gasteiger partial charge in [0.2, 0.25) is 5.16 Å². The maximum absolute atomic E-state index is 5.81. The molecule has 0 amide bonds. The van der Waals surface area contributed by atoms with Gasteiger partial charge in [0.15, 0.2) is 5.82 Å². The van der Waals surface area contributed by atoms with Gasteiger partial charge in [-0.25, -0.2) is 4.98 Å². The predicted molar refractivity (Wildman–Crippen MR) is 67.7 cm³/mol. The Bertz CT molecular complexity index is 478. The van der Waals surface area contributed by atoms with Crippen molar-refractivity contribution in [3.05, 3.63) is 41.9 Å². The summed E-state index contributed by atoms with van der Waals surface area (Å²) in [5.74, 6) is 1.56. The van der Waals surface area contributed by atoms with E-state index in [-0.39, 0.29) is 0 Å². The first-order valence-corrected chi connectivity index (χ1v) is 6.08. The Kier molecular flexibility index (Phi) is 3.64. The third-order valence-corrected chi connectivity index (χ3v) is 3.01. The number of nitrogens with zero attached hydrogens (tertiary/aromatic N) is 2. The zero-order chi connectivity index (χ0) is 11.4. The van der Waals surface area contributed by atoms with Crippen molar-refractivity contribution in [3.63, 3.8) is 0 Å². The van der Waals surface area contributed by atoms with Gasteiger partial charge in [-0.1, -0.05) is 29.4 Å². The summed E-state index contributed by atoms with van der Waals surface area (Å²) in [6.45, 7) is 3.65. The Labute approximate surface area is 103 Å². The van der Waals surface area contributed by atoms with Gasteiger partial charge in [-0.05, 0) is 24.3 Å². The summed E-state index contributed by atoms with van der Waals surface area (Å²) < 4.78 is 0. The fourth-order valence-electron chi connectivity index (χ4n) is 1.18. The minimum atomic E-state index is 0.713. The van der Waals surface area contributed by atoms with Crippen LogP contribution in [0.5, 0.6) is 0 Å². The molecule has 1 aromatic carbocycles. The lowest BCUT2D eigenvalue weighted by atomic mass is 10.2. The highest BCUT2D eigenvalue weighted by Gasteiger charge is 2.04. The molecule has 0 bridgehead atoms. The number of benzene rings is 1. The molecule has 1 aromatic heterocycles. The molecule has 3 nitrogen and oxygen atoms in total. The maximum atomic E-state index is 5.81. The number of rotatable bonds is 4. The summed E-state index contributed by atoms with van der Waals surface area (Å²) in [6, 6.07) is 7.47. The van der Waals surface area contributed by atoms with Crippen molar-refractivity contribution in [1.29, 1.82) is 0 Å². The highest BCUT2D eigenvalue weighted by molar-refractivity contribution is 7.99. The first kappa shape index (κ1) is 11.2. The molecule has 0 aliphatic rings. The molecule has 2 rings (SSSR count). The quantitative estimate of drug-likeness (QED) is 0.669. The van der Waals surface area contributed by atoms with E-state index < -0.39 is 0 Å². The van der Waals surface area contributed by atoms with Crippen LogP contribution in [-0.2, 0) is 0 Å². The molecule has 0 fully saturated rings. The van der Waals surface area contributed by atoms with Crippen molar-refractivity contribution in [2.75, 3.05) is 5.75 Å². The van der Waals surface area contributed by atoms with Crippen molar-refractivity contribution in [1.82, 2.24) is 15.2 Å². The minimum Gasteiger partial charge on any atom is -0.258 e. The molecular weight excluding hydrogens is 242 g/mol. The average molecular weight is 252 g/mol. The van der Waals surface area contributed by atoms with Crippen LogP contribution in [0.15, 0.2) is 42.1 Å². The molecule has 1 heterocycles. The van der Waals surface area contributed by atoms with Crippen LogP contribution in [0.3, 0.4) is 0 Å². The van der Waals surface area contributed by atoms with Gasteiger partial charge in [0.05, 0.1) is 0 Å². The van der Waals surface area contributed by atoms with E-state index in [4.69, 9.17) is 11.6 Å². The van der Waals surface area contributed by atoms with Gasteiger partial charge in [-0.3, -0.25) is 5.10 Å². The Morgan fingerprint density at radius 1 is 1.38 bits per heavy atom. The number of hydrogen-bond acceptors (Lipinski definition) is 3. The third kappa shape index (κ3) is 2.65. The summed E-state index contributed by atoms with van der Waals surface area (Å²) in [4.78, 5) is 4.35. The number of thioether (sulfide) groups is 1. The molecule has 82 valence electrons. The predicted octanol–water partition coefficient (Wildman–Crippen LogP) is 3.40. The molecule has 0 aliphatic heterocycles. The summed E-state index contributed by atoms with van der Waals surface area (Å²) in [5.41, 5.74) is 0.974. The van der Waals surface area contributed by atoms with Gasteiger partial charge in [0, 0.05) is 16.3 Å². The van der Waals surface area contributed by atoms with Gasteiger partial charge in [0.1, 0.15) is 0 Å². The molecule has 5 heteroatoms. The van der Waals surface area contributed by atoms with Crippen LogP contribution in [0.4, 0.5) is 0 Å². The molecule has 0 atom stereocenters. The summed E-state index contributed by atoms with van der Waals surface area (Å²) in [6.07, 6.45) is 1.82. The van der Waals surface area contributed by atoms with Crippen LogP contribution >= 0.6 is 23.4 Å². The zero-order valence-electron chi connectivity index (χ0n) is 8.48. The van der Waals surface area contributed by atoms with E-state index in [0.717, 1.165) is 22.3 Å². The first-order valence-electron chi connectivity index (χ1n) is 4.71. The second-order valence-electron chi connectivity index (χ2n) is 3.07. The van der Waals surface area contributed by atoms with E-state index in [1.165, 1.54) is 0 Å². The monoisotopic (exact) mass is 251 g/mol. The molecule has 16 heavy (non-hydrogen) atoms. The van der Waals surface area contributed by atoms with E-state index in [9.17, 15) is 0 Å². The van der Waals surface area contributed by atoms with E-state index >= 15 is 0 Å². The van der Waals surface area contributed by atoms with Gasteiger partial charge < -0.3 is 0 Å². The van der Waals surface area contributed by atoms with Crippen molar-refractivity contribution < 1.29 is 0 Å². The molecule has 2 aromatic rings. The van der Waals surface area contributed by atoms with Crippen LogP contribution in [0.1, 0.15) is 0 Å². The summed E-state index contributed by atoms with van der Waals surface area (Å²) >= 11 is 7.35. The topological polar surface area (TPSA) is 41.6 Å². The molecule has 0 radical (unpaired) electrons. The summed E-state index contributed by atoms with van der Waals surface area (Å²) in [7, 11) is 0. The lowest BCUT2D eigenvalue weighted by Crippen LogP contribution is -1.79. The van der Waals surface area contributed by atoms with E-state index in [2.05, 4.69) is 21.8 Å². The van der Waals surface area contributed by atoms with Crippen molar-refractivity contribution in [2.24, 2.45) is 0 Å². The smallest absolute Gasteiger partial charge is 0.209 e. The van der Waals surface area contributed by atoms with Crippen LogP contribution in [0, 0.1) is 0 Å². The fraction of sp³-hybridized carbons (Fsp3) is 0.0909. The number of aromatic nitrogens is 3. The fourth-order valence-corrected chi connectivity index (χ4v) is 1.84. The number of hydrogen-bond donors (Lipinski definition) is 1. The standard InChI is InChI=1S/C11H10ClN3S/c1-2-7-16-11-13-10(14-15-11)8-3-5-9(12)6-4-8/h2-6H,1,7H2,(H,13,14,15). The van der Waals surface area contributed by atoms with E-state index in [1.807, 2.05) is 30.3 Å². The number of aromatic amines is 1. The van der Waals surface area contributed by atoms with Gasteiger partial charge >= 0.3 is 0 Å². The third-order valence-electron chi connectivity index (χ3n) is 1.91. The first-order chi connectivity index (χ1) is 7.79. The molecule has 0 spiro atoms. The number of nitrogens with one attached hydrogen (secondary N) is 1. The Morgan fingerprint density at radius 2 is 2.12 bits per heavy atom. The molecule has 0 unspecified atom stereocenters. The Hall–Kier alpha value is -1.26. The van der Waals surface area contributed by atoms with Crippen molar-refractivity contribution in [3.8, 4) is 11.4 Å². The second kappa shape index (κ2) is 5.18. The van der Waals surface area contributed by atoms with Gasteiger partial charge in [-0.2, -0.15) is 0 Å². The largest absolute Gasteiger partial charge is 0.258 e. The molecule has 0 saturated carbocycles. The SMILES string of the molecule is C=CCSc1n[nH]c(-c2ccc(Cl)cc2)n1. The number of halogens is 1. The minimum absolute atomic E-state index is 0.713. The zero-order valence-corrected chi connectivity index (χ0v) is 10.1. The van der Waals surface area contributed by atoms with Crippen molar-refractivity contribution >= 4 is 23.4 Å². The second-order valence-corrected chi connectivity index (χ2v) is 4.50. The van der Waals surface area contributed by atoms with Crippen LogP contribution in [-0.4, -0.2) is 20.9 Å². The molecule has 1 N–H and O–H groups in total. The van der Waals surface area contributed by atoms with Crippen LogP contribution in [0.2, 0.25) is 5.02 Å². The lowest BCUT2D eigenvalue weighted by molar-refractivity contribution is 0.975. The highest BCUT2D eigenvalue weighted by atomic mass is 35.5. The lowest BCUT2D eigenvalue weighted by Gasteiger charge is -1.94. The normalized spacial score (nSPS) is 10.3. The number of H-pyrrole nitrogens is 1. The Balaban J connectivity index is 2.17. The molecule has 0 aliphatic carbocycles. The van der Waals surface area contributed by atoms with E-state index in [1.54, 1.807) is 11.8 Å². The van der Waals surface area contributed by atoms with Gasteiger partial charge in [0.25, 0.3) is 0 Å².